The first-order valence-corrected chi connectivity index (χ1v) is 16.4. The molecule has 0 N–H and O–H groups in total. The summed E-state index contributed by atoms with van der Waals surface area (Å²) in [7, 11) is 0. The molecule has 1 aliphatic heterocycles. The molecule has 1 rings (SSSR count). The molecule has 0 spiro atoms. The summed E-state index contributed by atoms with van der Waals surface area (Å²) in [5, 5.41) is 0. The fourth-order valence-corrected chi connectivity index (χ4v) is 11.4. The predicted octanol–water partition coefficient (Wildman–Crippen LogP) is 7.84. The summed E-state index contributed by atoms with van der Waals surface area (Å²) in [6.45, 7) is 13.7. The Balaban J connectivity index is 3.08. The quantitative estimate of drug-likeness (QED) is 0.198. The van der Waals surface area contributed by atoms with E-state index in [1.165, 1.54) is 0 Å². The van der Waals surface area contributed by atoms with Crippen LogP contribution in [0.25, 0.3) is 0 Å². The molecular formula is C23H48O5Ti. The summed E-state index contributed by atoms with van der Waals surface area (Å²) in [4.78, 5) is 11.5. The van der Waals surface area contributed by atoms with Gasteiger partial charge >= 0.3 is 182 Å². The molecule has 0 bridgehead atoms. The number of hydrogen-bond donors (Lipinski definition) is 0. The molecule has 174 valence electrons. The van der Waals surface area contributed by atoms with Crippen LogP contribution in [0.3, 0.4) is 0 Å². The van der Waals surface area contributed by atoms with Crippen molar-refractivity contribution in [3.63, 3.8) is 0 Å². The van der Waals surface area contributed by atoms with E-state index in [2.05, 4.69) is 41.5 Å². The summed E-state index contributed by atoms with van der Waals surface area (Å²) in [5.41, 5.74) is -0.182. The Morgan fingerprint density at radius 2 is 1.24 bits per heavy atom. The molecule has 2 atom stereocenters. The third-order valence-corrected chi connectivity index (χ3v) is 12.4. The van der Waals surface area contributed by atoms with E-state index in [-0.39, 0.29) is 5.41 Å². The molecule has 5 nitrogen and oxygen atoms in total. The Hall–Kier alpha value is 0.354. The van der Waals surface area contributed by atoms with Crippen molar-refractivity contribution in [1.29, 1.82) is 0 Å². The normalized spacial score (nSPS) is 26.1. The second-order valence-electron chi connectivity index (χ2n) is 9.86. The van der Waals surface area contributed by atoms with Crippen molar-refractivity contribution in [2.24, 2.45) is 17.3 Å². The Kier molecular flexibility index (Phi) is 12.3. The van der Waals surface area contributed by atoms with Crippen LogP contribution in [-0.4, -0.2) is 13.2 Å². The minimum atomic E-state index is -5.16. The van der Waals surface area contributed by atoms with E-state index in [0.29, 0.717) is 34.5 Å². The Morgan fingerprint density at radius 3 is 1.59 bits per heavy atom. The molecule has 0 aliphatic carbocycles. The first-order valence-electron chi connectivity index (χ1n) is 12.3. The van der Waals surface area contributed by atoms with Gasteiger partial charge in [0.1, 0.15) is 0 Å². The maximum atomic E-state index is 14.6. The molecule has 1 heterocycles. The third kappa shape index (κ3) is 9.17. The van der Waals surface area contributed by atoms with Gasteiger partial charge in [-0.1, -0.05) is 0 Å². The van der Waals surface area contributed by atoms with Crippen molar-refractivity contribution >= 4 is 0 Å². The van der Waals surface area contributed by atoms with Gasteiger partial charge in [0, 0.05) is 0 Å². The van der Waals surface area contributed by atoms with Crippen LogP contribution in [-0.2, 0) is 36.1 Å². The van der Waals surface area contributed by atoms with Crippen molar-refractivity contribution in [3.05, 3.63) is 0 Å². The van der Waals surface area contributed by atoms with Crippen LogP contribution in [0, 0.1) is 17.3 Å². The third-order valence-electron chi connectivity index (χ3n) is 6.61. The second-order valence-corrected chi connectivity index (χ2v) is 15.9. The van der Waals surface area contributed by atoms with Crippen LogP contribution >= 0.6 is 0 Å². The van der Waals surface area contributed by atoms with E-state index in [0.717, 1.165) is 64.2 Å². The van der Waals surface area contributed by atoms with Gasteiger partial charge in [-0.05, 0) is 0 Å². The molecule has 1 fully saturated rings. The summed E-state index contributed by atoms with van der Waals surface area (Å²) in [6.07, 6.45) is 10.5. The average molecular weight is 452 g/mol. The number of hydrogen-bond acceptors (Lipinski definition) is 5. The molecule has 0 amide bonds. The standard InChI is InChI=1S/2C8H17.C7H16O4.O.Ti/c2*1-4-6-7-8(3)5-2;1-3-4-7(2,5-10-8)6-11-9;;/h2*8H,3-7H2,1-2H3;8-9H,3-6H2,1-2H3;;/q;;;;+2/p-2. The maximum absolute atomic E-state index is 14.6. The number of rotatable bonds is 14. The summed E-state index contributed by atoms with van der Waals surface area (Å²) in [6, 6.07) is 0. The van der Waals surface area contributed by atoms with Gasteiger partial charge in [-0.2, -0.15) is 0 Å². The van der Waals surface area contributed by atoms with Crippen LogP contribution in [0.4, 0.5) is 0 Å². The van der Waals surface area contributed by atoms with Crippen molar-refractivity contribution in [2.75, 3.05) is 13.2 Å². The molecule has 6 heteroatoms. The zero-order chi connectivity index (χ0) is 21.8. The van der Waals surface area contributed by atoms with E-state index < -0.39 is 16.1 Å². The minimum absolute atomic E-state index is 0.182. The first-order chi connectivity index (χ1) is 13.8. The Labute approximate surface area is 181 Å². The van der Waals surface area contributed by atoms with E-state index in [9.17, 15) is 3.32 Å². The van der Waals surface area contributed by atoms with Crippen molar-refractivity contribution in [2.45, 2.75) is 115 Å². The van der Waals surface area contributed by atoms with E-state index in [4.69, 9.17) is 16.7 Å². The van der Waals surface area contributed by atoms with Gasteiger partial charge in [0.15, 0.2) is 0 Å². The average Bonchev–Trinajstić information content (AvgIpc) is 2.68. The predicted molar refractivity (Wildman–Crippen MR) is 114 cm³/mol. The van der Waals surface area contributed by atoms with Gasteiger partial charge in [-0.3, -0.25) is 0 Å². The zero-order valence-corrected chi connectivity index (χ0v) is 21.7. The van der Waals surface area contributed by atoms with Crippen molar-refractivity contribution in [3.8, 4) is 0 Å². The van der Waals surface area contributed by atoms with Gasteiger partial charge in [0.25, 0.3) is 0 Å². The molecule has 0 aromatic heterocycles. The van der Waals surface area contributed by atoms with Crippen LogP contribution in [0.15, 0.2) is 0 Å². The summed E-state index contributed by atoms with van der Waals surface area (Å²) >= 11 is -5.16. The van der Waals surface area contributed by atoms with Crippen molar-refractivity contribution < 1.29 is 36.1 Å². The fourth-order valence-electron chi connectivity index (χ4n) is 4.63. The molecule has 1 aliphatic rings. The Morgan fingerprint density at radius 1 is 0.793 bits per heavy atom. The van der Waals surface area contributed by atoms with Crippen LogP contribution in [0.5, 0.6) is 0 Å². The summed E-state index contributed by atoms with van der Waals surface area (Å²) < 4.78 is 27.3. The molecule has 29 heavy (non-hydrogen) atoms. The molecule has 2 unspecified atom stereocenters. The molecule has 1 saturated heterocycles. The van der Waals surface area contributed by atoms with Crippen LogP contribution < -0.4 is 0 Å². The van der Waals surface area contributed by atoms with Gasteiger partial charge in [-0.15, -0.1) is 0 Å². The molecule has 0 aromatic rings. The van der Waals surface area contributed by atoms with Crippen LogP contribution in [0.1, 0.15) is 106 Å². The van der Waals surface area contributed by atoms with Crippen molar-refractivity contribution in [1.82, 2.24) is 0 Å². The monoisotopic (exact) mass is 452 g/mol. The van der Waals surface area contributed by atoms with Gasteiger partial charge < -0.3 is 0 Å². The first kappa shape index (κ1) is 27.4. The zero-order valence-electron chi connectivity index (χ0n) is 20.1. The Bertz CT molecular complexity index is 469. The molecule has 0 radical (unpaired) electrons. The number of unbranched alkanes of at least 4 members (excludes halogenated alkanes) is 2. The summed E-state index contributed by atoms with van der Waals surface area (Å²) in [5.74, 6) is 0.614. The van der Waals surface area contributed by atoms with Gasteiger partial charge in [0.2, 0.25) is 0 Å². The fraction of sp³-hybridized carbons (Fsp3) is 1.00. The van der Waals surface area contributed by atoms with Gasteiger partial charge in [0.05, 0.1) is 0 Å². The topological polar surface area (TPSA) is 54.0 Å². The van der Waals surface area contributed by atoms with E-state index in [1.54, 1.807) is 0 Å². The SMILES string of the molecule is CCCCC(CC)[CH2][Ti]1(=[O])([CH2]C(CC)CCCC)[O]OCC(C)(CCC)CO[O]1. The van der Waals surface area contributed by atoms with Crippen LogP contribution in [0.2, 0.25) is 9.45 Å². The van der Waals surface area contributed by atoms with Gasteiger partial charge in [-0.25, -0.2) is 0 Å². The molecular weight excluding hydrogens is 404 g/mol. The van der Waals surface area contributed by atoms with E-state index >= 15 is 0 Å². The van der Waals surface area contributed by atoms with E-state index in [1.807, 2.05) is 0 Å². The molecule has 0 aromatic carbocycles. The molecule has 0 saturated carbocycles. The second kappa shape index (κ2) is 13.0.